The highest BCUT2D eigenvalue weighted by Gasteiger charge is 2.49. The first-order valence-corrected chi connectivity index (χ1v) is 16.7. The number of likely N-dealkylation sites (tertiary alicyclic amines) is 1. The van der Waals surface area contributed by atoms with E-state index in [4.69, 9.17) is 19.8 Å². The number of aromatic nitrogens is 3. The number of morpholine rings is 1. The fourth-order valence-corrected chi connectivity index (χ4v) is 8.86. The van der Waals surface area contributed by atoms with Gasteiger partial charge in [-0.25, -0.2) is 22.9 Å². The molecule has 1 unspecified atom stereocenters. The molecule has 1 spiro atoms. The molecule has 0 saturated carbocycles. The number of hydrogen-bond donors (Lipinski definition) is 0. The maximum atomic E-state index is 13.9. The van der Waals surface area contributed by atoms with Gasteiger partial charge in [0.2, 0.25) is 0 Å². The minimum absolute atomic E-state index is 0.118. The Kier molecular flexibility index (Phi) is 8.12. The number of ether oxygens (including phenoxy) is 1. The van der Waals surface area contributed by atoms with E-state index in [-0.39, 0.29) is 23.5 Å². The summed E-state index contributed by atoms with van der Waals surface area (Å²) in [6, 6.07) is 6.14. The van der Waals surface area contributed by atoms with Gasteiger partial charge < -0.3 is 14.5 Å². The highest BCUT2D eigenvalue weighted by molar-refractivity contribution is 7.91. The van der Waals surface area contributed by atoms with Crippen LogP contribution in [-0.2, 0) is 33.7 Å². The molecule has 3 aromatic rings. The Morgan fingerprint density at radius 1 is 1.16 bits per heavy atom. The van der Waals surface area contributed by atoms with Crippen molar-refractivity contribution >= 4 is 33.3 Å². The number of halogens is 3. The van der Waals surface area contributed by atoms with Crippen molar-refractivity contribution in [3.8, 4) is 0 Å². The second-order valence-corrected chi connectivity index (χ2v) is 14.5. The van der Waals surface area contributed by atoms with Gasteiger partial charge in [0.15, 0.2) is 21.3 Å². The Balaban J connectivity index is 1.51. The largest absolute Gasteiger partial charge is 0.416 e. The SMILES string of the molecule is Cc1c(Cc2c(CN3CCCC34CCS(=O)(=O)C4)nc3c(/N=C/N(C)C)cc(N4CCOCC4)nn23)cccc1C(F)(F)F. The number of rotatable bonds is 7. The van der Waals surface area contributed by atoms with E-state index < -0.39 is 27.1 Å². The Labute approximate surface area is 255 Å². The molecule has 1 atom stereocenters. The maximum absolute atomic E-state index is 13.9. The summed E-state index contributed by atoms with van der Waals surface area (Å²) in [6.45, 7) is 5.00. The lowest BCUT2D eigenvalue weighted by Gasteiger charge is -2.33. The van der Waals surface area contributed by atoms with Crippen LogP contribution in [0.3, 0.4) is 0 Å². The molecule has 0 amide bonds. The van der Waals surface area contributed by atoms with Gasteiger partial charge in [-0.1, -0.05) is 12.1 Å². The van der Waals surface area contributed by atoms with Gasteiger partial charge in [0.25, 0.3) is 0 Å². The molecule has 3 aliphatic rings. The topological polar surface area (TPSA) is 95.6 Å². The number of hydrogen-bond acceptors (Lipinski definition) is 8. The van der Waals surface area contributed by atoms with Crippen molar-refractivity contribution in [1.82, 2.24) is 24.4 Å². The molecule has 10 nitrogen and oxygen atoms in total. The van der Waals surface area contributed by atoms with Crippen LogP contribution >= 0.6 is 0 Å². The molecule has 14 heteroatoms. The number of alkyl halides is 3. The summed E-state index contributed by atoms with van der Waals surface area (Å²) in [4.78, 5) is 15.9. The van der Waals surface area contributed by atoms with E-state index in [0.717, 1.165) is 25.5 Å². The van der Waals surface area contributed by atoms with E-state index in [0.29, 0.717) is 73.4 Å². The molecule has 6 rings (SSSR count). The average Bonchev–Trinajstić information content (AvgIpc) is 3.62. The molecule has 44 heavy (non-hydrogen) atoms. The van der Waals surface area contributed by atoms with Crippen molar-refractivity contribution in [3.05, 3.63) is 52.3 Å². The van der Waals surface area contributed by atoms with Crippen LogP contribution in [0.2, 0.25) is 0 Å². The lowest BCUT2D eigenvalue weighted by molar-refractivity contribution is -0.138. The van der Waals surface area contributed by atoms with Crippen molar-refractivity contribution < 1.29 is 26.3 Å². The molecule has 5 heterocycles. The van der Waals surface area contributed by atoms with Gasteiger partial charge in [-0.15, -0.1) is 5.10 Å². The van der Waals surface area contributed by atoms with Gasteiger partial charge in [-0.2, -0.15) is 13.2 Å². The predicted octanol–water partition coefficient (Wildman–Crippen LogP) is 3.86. The van der Waals surface area contributed by atoms with Crippen LogP contribution in [-0.4, -0.2) is 103 Å². The smallest absolute Gasteiger partial charge is 0.378 e. The van der Waals surface area contributed by atoms with Crippen molar-refractivity contribution in [2.24, 2.45) is 4.99 Å². The van der Waals surface area contributed by atoms with E-state index in [1.807, 2.05) is 25.1 Å². The second kappa shape index (κ2) is 11.6. The van der Waals surface area contributed by atoms with E-state index in [9.17, 15) is 21.6 Å². The third-order valence-corrected chi connectivity index (χ3v) is 10.9. The number of aliphatic imine (C=N–C) groups is 1. The van der Waals surface area contributed by atoms with Crippen LogP contribution in [0.25, 0.3) is 5.65 Å². The van der Waals surface area contributed by atoms with Crippen molar-refractivity contribution in [2.75, 3.05) is 63.3 Å². The van der Waals surface area contributed by atoms with Crippen LogP contribution < -0.4 is 4.90 Å². The van der Waals surface area contributed by atoms with Crippen LogP contribution in [0.15, 0.2) is 29.3 Å². The van der Waals surface area contributed by atoms with Gasteiger partial charge in [-0.05, 0) is 49.9 Å². The molecule has 0 N–H and O–H groups in total. The van der Waals surface area contributed by atoms with Gasteiger partial charge in [0, 0.05) is 51.8 Å². The van der Waals surface area contributed by atoms with Crippen LogP contribution in [0.5, 0.6) is 0 Å². The first kappa shape index (κ1) is 30.8. The zero-order chi connectivity index (χ0) is 31.3. The first-order chi connectivity index (χ1) is 20.9. The molecule has 2 aromatic heterocycles. The molecule has 3 fully saturated rings. The number of imidazole rings is 1. The van der Waals surface area contributed by atoms with E-state index in [2.05, 4.69) is 9.80 Å². The van der Waals surface area contributed by atoms with E-state index >= 15 is 0 Å². The summed E-state index contributed by atoms with van der Waals surface area (Å²) in [6.07, 6.45) is -0.386. The van der Waals surface area contributed by atoms with Crippen LogP contribution in [0, 0.1) is 6.92 Å². The minimum atomic E-state index is -4.48. The zero-order valence-electron chi connectivity index (χ0n) is 25.3. The highest BCUT2D eigenvalue weighted by atomic mass is 32.2. The lowest BCUT2D eigenvalue weighted by atomic mass is 9.95. The maximum Gasteiger partial charge on any atom is 0.416 e. The van der Waals surface area contributed by atoms with Crippen molar-refractivity contribution in [1.29, 1.82) is 0 Å². The van der Waals surface area contributed by atoms with Crippen molar-refractivity contribution in [3.63, 3.8) is 0 Å². The molecule has 3 saturated heterocycles. The molecule has 238 valence electrons. The number of benzene rings is 1. The Morgan fingerprint density at radius 3 is 2.61 bits per heavy atom. The third kappa shape index (κ3) is 6.03. The molecule has 3 aliphatic heterocycles. The molecule has 0 aliphatic carbocycles. The number of fused-ring (bicyclic) bond motifs is 1. The van der Waals surface area contributed by atoms with Gasteiger partial charge in [0.05, 0.1) is 48.0 Å². The third-order valence-electron chi connectivity index (χ3n) is 9.05. The standard InChI is InChI=1S/C30H38F3N7O3S/c1-21-22(6-4-7-23(21)30(31,32)33)16-26-25(18-39-10-5-8-29(39)9-15-44(41,42)19-29)35-28-24(34-20-37(2)3)17-27(36-40(26)28)38-11-13-43-14-12-38/h4,6-7,17,20H,5,8-16,18-19H2,1-3H3/b34-20+. The second-order valence-electron chi connectivity index (χ2n) is 12.3. The Bertz CT molecular complexity index is 1680. The number of anilines is 1. The number of nitrogens with zero attached hydrogens (tertiary/aromatic N) is 7. The average molecular weight is 634 g/mol. The Hall–Kier alpha value is -3.23. The van der Waals surface area contributed by atoms with Crippen LogP contribution in [0.4, 0.5) is 24.7 Å². The normalized spacial score (nSPS) is 22.6. The molecule has 1 aromatic carbocycles. The quantitative estimate of drug-likeness (QED) is 0.286. The monoisotopic (exact) mass is 633 g/mol. The van der Waals surface area contributed by atoms with Crippen molar-refractivity contribution in [2.45, 2.75) is 50.9 Å². The molecule has 0 radical (unpaired) electrons. The van der Waals surface area contributed by atoms with E-state index in [1.54, 1.807) is 16.9 Å². The predicted molar refractivity (Wildman–Crippen MR) is 162 cm³/mol. The summed E-state index contributed by atoms with van der Waals surface area (Å²) in [5, 5.41) is 4.99. The summed E-state index contributed by atoms with van der Waals surface area (Å²) in [7, 11) is 0.597. The molecular formula is C30H38F3N7O3S. The van der Waals surface area contributed by atoms with Gasteiger partial charge in [0.1, 0.15) is 5.69 Å². The molecular weight excluding hydrogens is 595 g/mol. The first-order valence-electron chi connectivity index (χ1n) is 14.9. The summed E-state index contributed by atoms with van der Waals surface area (Å²) >= 11 is 0. The number of sulfone groups is 1. The lowest BCUT2D eigenvalue weighted by Crippen LogP contribution is -2.44. The molecule has 0 bridgehead atoms. The summed E-state index contributed by atoms with van der Waals surface area (Å²) in [5.74, 6) is 0.962. The zero-order valence-corrected chi connectivity index (χ0v) is 26.1. The van der Waals surface area contributed by atoms with Gasteiger partial charge in [-0.3, -0.25) is 4.90 Å². The summed E-state index contributed by atoms with van der Waals surface area (Å²) < 4.78 is 74.1. The Morgan fingerprint density at radius 2 is 1.93 bits per heavy atom. The van der Waals surface area contributed by atoms with Gasteiger partial charge >= 0.3 is 6.18 Å². The minimum Gasteiger partial charge on any atom is -0.378 e. The van der Waals surface area contributed by atoms with E-state index in [1.165, 1.54) is 13.0 Å². The fraction of sp³-hybridized carbons (Fsp3) is 0.567. The van der Waals surface area contributed by atoms with Crippen LogP contribution in [0.1, 0.15) is 47.3 Å². The summed E-state index contributed by atoms with van der Waals surface area (Å²) in [5.41, 5.74) is 2.00. The highest BCUT2D eigenvalue weighted by Crippen LogP contribution is 2.41. The fourth-order valence-electron chi connectivity index (χ4n) is 6.73.